The molecule has 1 nitrogen and oxygen atoms in total. The maximum Gasteiger partial charge on any atom is 0.180 e. The largest absolute Gasteiger partial charge is 0.203 e. The van der Waals surface area contributed by atoms with Crippen LogP contribution in [0.4, 0.5) is 17.6 Å². The molecule has 0 saturated carbocycles. The van der Waals surface area contributed by atoms with Crippen molar-refractivity contribution in [3.63, 3.8) is 0 Å². The Morgan fingerprint density at radius 1 is 0.762 bits per heavy atom. The summed E-state index contributed by atoms with van der Waals surface area (Å²) in [6.07, 6.45) is 0. The number of hydrogen-bond donors (Lipinski definition) is 0. The van der Waals surface area contributed by atoms with Crippen molar-refractivity contribution >= 4 is 0 Å². The predicted octanol–water partition coefficient (Wildman–Crippen LogP) is 4.71. The van der Waals surface area contributed by atoms with Crippen LogP contribution in [0.3, 0.4) is 0 Å². The highest BCUT2D eigenvalue weighted by atomic mass is 19.2. The number of aryl methyl sites for hydroxylation is 3. The summed E-state index contributed by atoms with van der Waals surface area (Å²) < 4.78 is 55.7. The molecular formula is C16H11F4N. The molecule has 0 radical (unpaired) electrons. The zero-order chi connectivity index (χ0) is 15.9. The maximum atomic E-state index is 14.1. The Morgan fingerprint density at radius 3 is 1.57 bits per heavy atom. The fraction of sp³-hybridized carbons (Fsp3) is 0.188. The molecule has 0 fully saturated rings. The van der Waals surface area contributed by atoms with Crippen LogP contribution in [0.25, 0.3) is 11.1 Å². The summed E-state index contributed by atoms with van der Waals surface area (Å²) in [6.45, 7) is 5.00. The summed E-state index contributed by atoms with van der Waals surface area (Å²) in [6, 6.07) is 4.46. The van der Waals surface area contributed by atoms with Gasteiger partial charge < -0.3 is 0 Å². The second kappa shape index (κ2) is 5.21. The van der Waals surface area contributed by atoms with E-state index in [1.54, 1.807) is 32.9 Å². The molecule has 0 heterocycles. The fourth-order valence-corrected chi connectivity index (χ4v) is 2.52. The summed E-state index contributed by atoms with van der Waals surface area (Å²) >= 11 is 0. The fourth-order valence-electron chi connectivity index (χ4n) is 2.52. The van der Waals surface area contributed by atoms with Gasteiger partial charge in [0.05, 0.1) is 5.56 Å². The molecule has 0 spiro atoms. The molecule has 0 aliphatic rings. The SMILES string of the molecule is Cc1cc(C)c(-c2c(F)c(F)c(C#N)c(F)c2F)c(C)c1. The first-order valence-corrected chi connectivity index (χ1v) is 6.13. The molecule has 0 aliphatic heterocycles. The van der Waals surface area contributed by atoms with Gasteiger partial charge in [0.1, 0.15) is 11.6 Å². The van der Waals surface area contributed by atoms with E-state index in [2.05, 4.69) is 0 Å². The van der Waals surface area contributed by atoms with Crippen molar-refractivity contribution in [2.45, 2.75) is 20.8 Å². The zero-order valence-electron chi connectivity index (χ0n) is 11.6. The van der Waals surface area contributed by atoms with Crippen molar-refractivity contribution in [3.8, 4) is 17.2 Å². The molecule has 0 aliphatic carbocycles. The van der Waals surface area contributed by atoms with Gasteiger partial charge in [-0.1, -0.05) is 17.7 Å². The third-order valence-corrected chi connectivity index (χ3v) is 3.30. The molecule has 0 bridgehead atoms. The molecule has 2 aromatic carbocycles. The monoisotopic (exact) mass is 293 g/mol. The number of nitrogens with zero attached hydrogens (tertiary/aromatic N) is 1. The maximum absolute atomic E-state index is 14.1. The Hall–Kier alpha value is -2.35. The Kier molecular flexibility index (Phi) is 3.73. The van der Waals surface area contributed by atoms with Crippen molar-refractivity contribution in [2.24, 2.45) is 0 Å². The Bertz CT molecular complexity index is 736. The van der Waals surface area contributed by atoms with E-state index in [4.69, 9.17) is 5.26 Å². The van der Waals surface area contributed by atoms with E-state index < -0.39 is 34.4 Å². The molecule has 0 aromatic heterocycles. The van der Waals surface area contributed by atoms with E-state index in [1.165, 1.54) is 0 Å². The Morgan fingerprint density at radius 2 is 1.19 bits per heavy atom. The molecule has 2 rings (SSSR count). The number of benzene rings is 2. The summed E-state index contributed by atoms with van der Waals surface area (Å²) in [5.74, 6) is -6.46. The van der Waals surface area contributed by atoms with Gasteiger partial charge >= 0.3 is 0 Å². The molecular weight excluding hydrogens is 282 g/mol. The van der Waals surface area contributed by atoms with Crippen molar-refractivity contribution in [3.05, 3.63) is 57.7 Å². The molecule has 0 saturated heterocycles. The van der Waals surface area contributed by atoms with Gasteiger partial charge in [-0.25, -0.2) is 17.6 Å². The van der Waals surface area contributed by atoms with Crippen LogP contribution in [0.5, 0.6) is 0 Å². The number of nitriles is 1. The van der Waals surface area contributed by atoms with Gasteiger partial charge in [-0.15, -0.1) is 0 Å². The minimum atomic E-state index is -1.68. The molecule has 21 heavy (non-hydrogen) atoms. The van der Waals surface area contributed by atoms with E-state index in [0.29, 0.717) is 11.1 Å². The summed E-state index contributed by atoms with van der Waals surface area (Å²) in [5, 5.41) is 8.59. The van der Waals surface area contributed by atoms with Crippen LogP contribution in [0, 0.1) is 55.4 Å². The molecule has 0 atom stereocenters. The van der Waals surface area contributed by atoms with Crippen LogP contribution in [0.1, 0.15) is 22.3 Å². The lowest BCUT2D eigenvalue weighted by molar-refractivity contribution is 0.454. The minimum absolute atomic E-state index is 0.0953. The molecule has 0 amide bonds. The Labute approximate surface area is 119 Å². The summed E-state index contributed by atoms with van der Waals surface area (Å²) in [4.78, 5) is 0. The number of rotatable bonds is 1. The summed E-state index contributed by atoms with van der Waals surface area (Å²) in [5.41, 5.74) is -0.0835. The van der Waals surface area contributed by atoms with E-state index in [0.717, 1.165) is 11.6 Å². The lowest BCUT2D eigenvalue weighted by Gasteiger charge is -2.14. The normalized spacial score (nSPS) is 10.6. The van der Waals surface area contributed by atoms with Gasteiger partial charge in [0.2, 0.25) is 0 Å². The van der Waals surface area contributed by atoms with E-state index in [9.17, 15) is 17.6 Å². The van der Waals surface area contributed by atoms with Crippen LogP contribution >= 0.6 is 0 Å². The van der Waals surface area contributed by atoms with Crippen LogP contribution in [0.2, 0.25) is 0 Å². The first-order chi connectivity index (χ1) is 9.79. The quantitative estimate of drug-likeness (QED) is 0.552. The summed E-state index contributed by atoms with van der Waals surface area (Å²) in [7, 11) is 0. The number of hydrogen-bond acceptors (Lipinski definition) is 1. The predicted molar refractivity (Wildman–Crippen MR) is 70.6 cm³/mol. The third kappa shape index (κ3) is 2.27. The zero-order valence-corrected chi connectivity index (χ0v) is 11.6. The minimum Gasteiger partial charge on any atom is -0.203 e. The van der Waals surface area contributed by atoms with Crippen LogP contribution in [0.15, 0.2) is 12.1 Å². The van der Waals surface area contributed by atoms with Gasteiger partial charge in [0.25, 0.3) is 0 Å². The second-order valence-electron chi connectivity index (χ2n) is 4.89. The van der Waals surface area contributed by atoms with Crippen LogP contribution in [-0.4, -0.2) is 0 Å². The lowest BCUT2D eigenvalue weighted by Crippen LogP contribution is -2.05. The Balaban J connectivity index is 2.94. The molecule has 0 N–H and O–H groups in total. The van der Waals surface area contributed by atoms with E-state index in [1.807, 2.05) is 0 Å². The second-order valence-corrected chi connectivity index (χ2v) is 4.89. The standard InChI is InChI=1S/C16H11F4N/c1-7-4-8(2)11(9(3)5-7)12-15(19)13(17)10(6-21)14(18)16(12)20/h4-5H,1-3H3. The van der Waals surface area contributed by atoms with Gasteiger partial charge in [-0.3, -0.25) is 0 Å². The van der Waals surface area contributed by atoms with Gasteiger partial charge in [0, 0.05) is 0 Å². The molecule has 5 heteroatoms. The highest BCUT2D eigenvalue weighted by Crippen LogP contribution is 2.36. The van der Waals surface area contributed by atoms with Crippen molar-refractivity contribution in [2.75, 3.05) is 0 Å². The van der Waals surface area contributed by atoms with Crippen molar-refractivity contribution < 1.29 is 17.6 Å². The van der Waals surface area contributed by atoms with Crippen LogP contribution in [-0.2, 0) is 0 Å². The first-order valence-electron chi connectivity index (χ1n) is 6.13. The third-order valence-electron chi connectivity index (χ3n) is 3.30. The van der Waals surface area contributed by atoms with Crippen molar-refractivity contribution in [1.82, 2.24) is 0 Å². The highest BCUT2D eigenvalue weighted by Gasteiger charge is 2.27. The van der Waals surface area contributed by atoms with Crippen LogP contribution < -0.4 is 0 Å². The smallest absolute Gasteiger partial charge is 0.180 e. The average molecular weight is 293 g/mol. The molecule has 2 aromatic rings. The van der Waals surface area contributed by atoms with E-state index in [-0.39, 0.29) is 5.56 Å². The van der Waals surface area contributed by atoms with Gasteiger partial charge in [-0.05, 0) is 37.5 Å². The van der Waals surface area contributed by atoms with Crippen molar-refractivity contribution in [1.29, 1.82) is 5.26 Å². The topological polar surface area (TPSA) is 23.8 Å². The van der Waals surface area contributed by atoms with Gasteiger partial charge in [0.15, 0.2) is 23.3 Å². The molecule has 108 valence electrons. The highest BCUT2D eigenvalue weighted by molar-refractivity contribution is 5.73. The van der Waals surface area contributed by atoms with E-state index >= 15 is 0 Å². The lowest BCUT2D eigenvalue weighted by atomic mass is 9.92. The molecule has 0 unspecified atom stereocenters. The van der Waals surface area contributed by atoms with Gasteiger partial charge in [-0.2, -0.15) is 5.26 Å². The first kappa shape index (κ1) is 15.0. The number of halogens is 4. The average Bonchev–Trinajstić information content (AvgIpc) is 2.40.